The van der Waals surface area contributed by atoms with Gasteiger partial charge in [0, 0.05) is 58.2 Å². The largest absolute Gasteiger partial charge is 0.497 e. The van der Waals surface area contributed by atoms with Gasteiger partial charge in [0.25, 0.3) is 0 Å². The number of methoxy groups -OCH3 is 1. The van der Waals surface area contributed by atoms with E-state index in [0.29, 0.717) is 13.0 Å². The lowest BCUT2D eigenvalue weighted by atomic mass is 10.0. The summed E-state index contributed by atoms with van der Waals surface area (Å²) in [5, 5.41) is 13.0. The van der Waals surface area contributed by atoms with Gasteiger partial charge in [0.2, 0.25) is 5.91 Å². The summed E-state index contributed by atoms with van der Waals surface area (Å²) in [4.78, 5) is 16.9. The lowest BCUT2D eigenvalue weighted by Crippen LogP contribution is -2.37. The Bertz CT molecular complexity index is 564. The first-order chi connectivity index (χ1) is 12.2. The maximum Gasteiger partial charge on any atom is 0.223 e. The monoisotopic (exact) mass is 347 g/mol. The van der Waals surface area contributed by atoms with Gasteiger partial charge in [-0.1, -0.05) is 12.1 Å². The molecule has 0 saturated carbocycles. The zero-order chi connectivity index (χ0) is 17.6. The number of carbonyl (C=O) groups excluding carboxylic acids is 1. The van der Waals surface area contributed by atoms with E-state index < -0.39 is 0 Å². The van der Waals surface area contributed by atoms with Crippen LogP contribution < -0.4 is 10.1 Å². The molecule has 0 bridgehead atoms. The fourth-order valence-corrected chi connectivity index (χ4v) is 3.65. The van der Waals surface area contributed by atoms with Crippen LogP contribution in [0.25, 0.3) is 0 Å². The van der Waals surface area contributed by atoms with Crippen LogP contribution in [0.15, 0.2) is 24.3 Å². The molecule has 0 aliphatic carbocycles. The van der Waals surface area contributed by atoms with E-state index in [4.69, 9.17) is 4.74 Å². The van der Waals surface area contributed by atoms with Gasteiger partial charge < -0.3 is 20.1 Å². The van der Waals surface area contributed by atoms with Crippen LogP contribution in [-0.4, -0.2) is 73.3 Å². The molecule has 2 N–H and O–H groups in total. The van der Waals surface area contributed by atoms with Crippen LogP contribution in [0.5, 0.6) is 5.75 Å². The van der Waals surface area contributed by atoms with Gasteiger partial charge in [0.15, 0.2) is 0 Å². The average molecular weight is 347 g/mol. The molecule has 25 heavy (non-hydrogen) atoms. The molecule has 1 amide bonds. The van der Waals surface area contributed by atoms with Gasteiger partial charge in [-0.25, -0.2) is 0 Å². The van der Waals surface area contributed by atoms with Crippen LogP contribution >= 0.6 is 0 Å². The van der Waals surface area contributed by atoms with Crippen molar-refractivity contribution in [3.63, 3.8) is 0 Å². The van der Waals surface area contributed by atoms with E-state index in [1.54, 1.807) is 7.11 Å². The molecule has 2 fully saturated rings. The van der Waals surface area contributed by atoms with Gasteiger partial charge in [0.05, 0.1) is 13.2 Å². The molecular weight excluding hydrogens is 318 g/mol. The van der Waals surface area contributed by atoms with E-state index in [0.717, 1.165) is 51.4 Å². The van der Waals surface area contributed by atoms with Crippen LogP contribution in [0, 0.1) is 5.92 Å². The normalized spacial score (nSPS) is 25.0. The van der Waals surface area contributed by atoms with E-state index in [9.17, 15) is 9.90 Å². The molecule has 0 aromatic heterocycles. The van der Waals surface area contributed by atoms with Crippen molar-refractivity contribution >= 4 is 5.91 Å². The Hall–Kier alpha value is -1.63. The summed E-state index contributed by atoms with van der Waals surface area (Å²) in [5.41, 5.74) is 1.26. The second kappa shape index (κ2) is 8.65. The maximum atomic E-state index is 12.5. The highest BCUT2D eigenvalue weighted by atomic mass is 16.5. The van der Waals surface area contributed by atoms with Crippen LogP contribution in [0.2, 0.25) is 0 Å². The number of ether oxygens (including phenoxy) is 1. The minimum absolute atomic E-state index is 0.0613. The molecule has 2 aliphatic heterocycles. The Kier molecular flexibility index (Phi) is 6.29. The minimum atomic E-state index is -0.387. The van der Waals surface area contributed by atoms with Crippen molar-refractivity contribution in [1.82, 2.24) is 15.1 Å². The molecule has 6 nitrogen and oxygen atoms in total. The molecule has 1 aromatic rings. The third kappa shape index (κ3) is 4.93. The van der Waals surface area contributed by atoms with Crippen molar-refractivity contribution in [3.8, 4) is 5.75 Å². The van der Waals surface area contributed by atoms with Crippen molar-refractivity contribution in [3.05, 3.63) is 29.8 Å². The second-order valence-corrected chi connectivity index (χ2v) is 7.05. The first-order valence-electron chi connectivity index (χ1n) is 9.17. The molecule has 0 spiro atoms. The van der Waals surface area contributed by atoms with Crippen LogP contribution in [-0.2, 0) is 11.3 Å². The topological polar surface area (TPSA) is 65.0 Å². The Morgan fingerprint density at radius 3 is 2.68 bits per heavy atom. The van der Waals surface area contributed by atoms with Crippen molar-refractivity contribution in [1.29, 1.82) is 0 Å². The van der Waals surface area contributed by atoms with Gasteiger partial charge in [-0.2, -0.15) is 0 Å². The van der Waals surface area contributed by atoms with E-state index in [-0.39, 0.29) is 17.9 Å². The van der Waals surface area contributed by atoms with Crippen LogP contribution in [0.3, 0.4) is 0 Å². The van der Waals surface area contributed by atoms with E-state index >= 15 is 0 Å². The van der Waals surface area contributed by atoms with Gasteiger partial charge in [-0.05, 0) is 24.1 Å². The predicted molar refractivity (Wildman–Crippen MR) is 96.5 cm³/mol. The summed E-state index contributed by atoms with van der Waals surface area (Å²) in [6, 6.07) is 8.18. The molecule has 6 heteroatoms. The summed E-state index contributed by atoms with van der Waals surface area (Å²) >= 11 is 0. The zero-order valence-electron chi connectivity index (χ0n) is 15.0. The first kappa shape index (κ1) is 18.2. The molecule has 0 radical (unpaired) electrons. The molecule has 138 valence electrons. The summed E-state index contributed by atoms with van der Waals surface area (Å²) in [7, 11) is 1.68. The van der Waals surface area contributed by atoms with Gasteiger partial charge >= 0.3 is 0 Å². The zero-order valence-corrected chi connectivity index (χ0v) is 15.0. The lowest BCUT2D eigenvalue weighted by Gasteiger charge is -2.24. The molecule has 1 aromatic carbocycles. The Labute approximate surface area is 149 Å². The SMILES string of the molecule is COc1ccc(CN2CCCN(C(=O)C[C@@H]3CNC[C@H]3O)CC2)cc1. The number of hydrogen-bond acceptors (Lipinski definition) is 5. The van der Waals surface area contributed by atoms with Crippen molar-refractivity contribution in [2.24, 2.45) is 5.92 Å². The lowest BCUT2D eigenvalue weighted by molar-refractivity contribution is -0.132. The number of nitrogens with one attached hydrogen (secondary N) is 1. The third-order valence-electron chi connectivity index (χ3n) is 5.25. The highest BCUT2D eigenvalue weighted by Crippen LogP contribution is 2.17. The number of rotatable bonds is 5. The summed E-state index contributed by atoms with van der Waals surface area (Å²) in [6.45, 7) is 5.72. The van der Waals surface area contributed by atoms with Crippen molar-refractivity contribution in [2.45, 2.75) is 25.5 Å². The minimum Gasteiger partial charge on any atom is -0.497 e. The van der Waals surface area contributed by atoms with E-state index in [2.05, 4.69) is 22.3 Å². The first-order valence-corrected chi connectivity index (χ1v) is 9.17. The molecule has 2 saturated heterocycles. The Morgan fingerprint density at radius 2 is 2.00 bits per heavy atom. The number of hydrogen-bond donors (Lipinski definition) is 2. The summed E-state index contributed by atoms with van der Waals surface area (Å²) in [6.07, 6.45) is 1.06. The van der Waals surface area contributed by atoms with Crippen molar-refractivity contribution < 1.29 is 14.6 Å². The fraction of sp³-hybridized carbons (Fsp3) is 0.632. The molecule has 2 aliphatic rings. The number of carbonyl (C=O) groups is 1. The summed E-state index contributed by atoms with van der Waals surface area (Å²) < 4.78 is 5.20. The van der Waals surface area contributed by atoms with Gasteiger partial charge in [-0.3, -0.25) is 9.69 Å². The Morgan fingerprint density at radius 1 is 1.20 bits per heavy atom. The fourth-order valence-electron chi connectivity index (χ4n) is 3.65. The smallest absolute Gasteiger partial charge is 0.223 e. The third-order valence-corrected chi connectivity index (χ3v) is 5.25. The van der Waals surface area contributed by atoms with Crippen molar-refractivity contribution in [2.75, 3.05) is 46.4 Å². The number of β-amino-alcohol motifs (C(OH)–C–C–N with tert-alkyl or cyclic N) is 1. The Balaban J connectivity index is 1.48. The number of aliphatic hydroxyl groups is 1. The highest BCUT2D eigenvalue weighted by Gasteiger charge is 2.29. The highest BCUT2D eigenvalue weighted by molar-refractivity contribution is 5.76. The van der Waals surface area contributed by atoms with Crippen LogP contribution in [0.1, 0.15) is 18.4 Å². The standard InChI is InChI=1S/C19H29N3O3/c1-25-17-5-3-15(4-6-17)14-21-7-2-8-22(10-9-21)19(24)11-16-12-20-13-18(16)23/h3-6,16,18,20,23H,2,7-14H2,1H3/t16-,18-/m1/s1. The molecular formula is C19H29N3O3. The number of benzene rings is 1. The van der Waals surface area contributed by atoms with E-state index in [1.807, 2.05) is 17.0 Å². The van der Waals surface area contributed by atoms with Gasteiger partial charge in [0.1, 0.15) is 5.75 Å². The molecule has 0 unspecified atom stereocenters. The maximum absolute atomic E-state index is 12.5. The molecule has 3 rings (SSSR count). The molecule has 2 heterocycles. The van der Waals surface area contributed by atoms with Gasteiger partial charge in [-0.15, -0.1) is 0 Å². The quantitative estimate of drug-likeness (QED) is 0.821. The number of nitrogens with zero attached hydrogens (tertiary/aromatic N) is 2. The average Bonchev–Trinajstić information content (AvgIpc) is 2.88. The second-order valence-electron chi connectivity index (χ2n) is 7.05. The van der Waals surface area contributed by atoms with E-state index in [1.165, 1.54) is 5.56 Å². The van der Waals surface area contributed by atoms with Crippen LogP contribution in [0.4, 0.5) is 0 Å². The molecule has 2 atom stereocenters. The number of amides is 1. The number of aliphatic hydroxyl groups excluding tert-OH is 1. The summed E-state index contributed by atoms with van der Waals surface area (Å²) in [5.74, 6) is 1.12. The predicted octanol–water partition coefficient (Wildman–Crippen LogP) is 0.700.